The van der Waals surface area contributed by atoms with Crippen molar-refractivity contribution >= 4 is 10.2 Å². The molecule has 2 aliphatic heterocycles. The van der Waals surface area contributed by atoms with Gasteiger partial charge in [0.25, 0.3) is 10.2 Å². The van der Waals surface area contributed by atoms with Crippen LogP contribution in [0.3, 0.4) is 0 Å². The third-order valence-corrected chi connectivity index (χ3v) is 4.72. The van der Waals surface area contributed by atoms with E-state index in [0.717, 1.165) is 0 Å². The highest BCUT2D eigenvalue weighted by Crippen LogP contribution is 2.09. The standard InChI is InChI=1S/C9H19N3O4S/c1-15-9-7-10-6-8(9)11-17(13,14)12-2-4-16-5-3-12/h8-11H,2-7H2,1H3/t8?,9-/m1/s1. The van der Waals surface area contributed by atoms with E-state index in [0.29, 0.717) is 39.4 Å². The van der Waals surface area contributed by atoms with E-state index in [1.807, 2.05) is 0 Å². The van der Waals surface area contributed by atoms with Gasteiger partial charge in [0.2, 0.25) is 0 Å². The second-order valence-electron chi connectivity index (χ2n) is 4.17. The molecule has 0 aromatic rings. The van der Waals surface area contributed by atoms with Gasteiger partial charge in [-0.2, -0.15) is 17.4 Å². The van der Waals surface area contributed by atoms with Gasteiger partial charge >= 0.3 is 0 Å². The number of rotatable bonds is 4. The molecule has 2 atom stereocenters. The van der Waals surface area contributed by atoms with Gasteiger partial charge in [0.1, 0.15) is 0 Å². The van der Waals surface area contributed by atoms with Crippen LogP contribution >= 0.6 is 0 Å². The second kappa shape index (κ2) is 5.59. The predicted octanol–water partition coefficient (Wildman–Crippen LogP) is -1.86. The highest BCUT2D eigenvalue weighted by molar-refractivity contribution is 7.87. The summed E-state index contributed by atoms with van der Waals surface area (Å²) in [7, 11) is -1.84. The molecule has 0 saturated carbocycles. The van der Waals surface area contributed by atoms with Crippen LogP contribution in [0, 0.1) is 0 Å². The van der Waals surface area contributed by atoms with E-state index in [4.69, 9.17) is 9.47 Å². The van der Waals surface area contributed by atoms with Crippen molar-refractivity contribution in [1.29, 1.82) is 0 Å². The van der Waals surface area contributed by atoms with Crippen LogP contribution in [0.5, 0.6) is 0 Å². The van der Waals surface area contributed by atoms with Gasteiger partial charge in [-0.3, -0.25) is 0 Å². The molecule has 7 nitrogen and oxygen atoms in total. The summed E-state index contributed by atoms with van der Waals surface area (Å²) in [4.78, 5) is 0. The van der Waals surface area contributed by atoms with Crippen molar-refractivity contribution in [2.75, 3.05) is 46.5 Å². The van der Waals surface area contributed by atoms with Gasteiger partial charge < -0.3 is 14.8 Å². The van der Waals surface area contributed by atoms with E-state index in [9.17, 15) is 8.42 Å². The topological polar surface area (TPSA) is 79.9 Å². The molecule has 2 rings (SSSR count). The minimum absolute atomic E-state index is 0.106. The minimum atomic E-state index is -3.43. The summed E-state index contributed by atoms with van der Waals surface area (Å²) in [6.07, 6.45) is -0.106. The molecule has 0 aromatic heterocycles. The zero-order chi connectivity index (χ0) is 12.3. The predicted molar refractivity (Wildman–Crippen MR) is 61.9 cm³/mol. The van der Waals surface area contributed by atoms with Crippen LogP contribution in [0.15, 0.2) is 0 Å². The van der Waals surface area contributed by atoms with Crippen molar-refractivity contribution in [2.45, 2.75) is 12.1 Å². The Balaban J connectivity index is 1.96. The van der Waals surface area contributed by atoms with E-state index in [-0.39, 0.29) is 12.1 Å². The number of nitrogens with zero attached hydrogens (tertiary/aromatic N) is 1. The normalized spacial score (nSPS) is 31.8. The number of ether oxygens (including phenoxy) is 2. The summed E-state index contributed by atoms with van der Waals surface area (Å²) in [5, 5.41) is 3.10. The number of hydrogen-bond acceptors (Lipinski definition) is 5. The van der Waals surface area contributed by atoms with Gasteiger partial charge in [-0.05, 0) is 0 Å². The first-order valence-electron chi connectivity index (χ1n) is 5.72. The largest absolute Gasteiger partial charge is 0.379 e. The second-order valence-corrected chi connectivity index (χ2v) is 5.88. The molecule has 0 amide bonds. The van der Waals surface area contributed by atoms with E-state index in [1.54, 1.807) is 7.11 Å². The molecule has 0 spiro atoms. The minimum Gasteiger partial charge on any atom is -0.379 e. The summed E-state index contributed by atoms with van der Waals surface area (Å²) in [5.74, 6) is 0. The monoisotopic (exact) mass is 265 g/mol. The fraction of sp³-hybridized carbons (Fsp3) is 1.00. The zero-order valence-electron chi connectivity index (χ0n) is 9.89. The number of nitrogens with one attached hydrogen (secondary N) is 2. The lowest BCUT2D eigenvalue weighted by Crippen LogP contribution is -2.52. The van der Waals surface area contributed by atoms with Crippen LogP contribution in [-0.4, -0.2) is 71.4 Å². The Morgan fingerprint density at radius 1 is 1.35 bits per heavy atom. The number of hydrogen-bond donors (Lipinski definition) is 2. The average molecular weight is 265 g/mol. The van der Waals surface area contributed by atoms with Crippen molar-refractivity contribution in [3.63, 3.8) is 0 Å². The van der Waals surface area contributed by atoms with Crippen LogP contribution in [0.25, 0.3) is 0 Å². The smallest absolute Gasteiger partial charge is 0.279 e. The molecular weight excluding hydrogens is 246 g/mol. The SMILES string of the molecule is CO[C@@H]1CNCC1NS(=O)(=O)N1CCOCC1. The van der Waals surface area contributed by atoms with Gasteiger partial charge in [-0.15, -0.1) is 0 Å². The average Bonchev–Trinajstić information content (AvgIpc) is 2.77. The lowest BCUT2D eigenvalue weighted by Gasteiger charge is -2.28. The van der Waals surface area contributed by atoms with Gasteiger partial charge in [0, 0.05) is 33.3 Å². The van der Waals surface area contributed by atoms with Crippen molar-refractivity contribution in [3.8, 4) is 0 Å². The molecular formula is C9H19N3O4S. The van der Waals surface area contributed by atoms with Crippen molar-refractivity contribution in [1.82, 2.24) is 14.3 Å². The van der Waals surface area contributed by atoms with Gasteiger partial charge in [0.05, 0.1) is 25.4 Å². The molecule has 2 N–H and O–H groups in total. The third-order valence-electron chi connectivity index (χ3n) is 3.07. The fourth-order valence-corrected chi connectivity index (χ4v) is 3.47. The first-order chi connectivity index (χ1) is 8.13. The summed E-state index contributed by atoms with van der Waals surface area (Å²) < 4.78 is 38.6. The number of methoxy groups -OCH3 is 1. The molecule has 1 unspecified atom stereocenters. The third kappa shape index (κ3) is 3.15. The van der Waals surface area contributed by atoms with Gasteiger partial charge in [-0.25, -0.2) is 0 Å². The van der Waals surface area contributed by atoms with Crippen molar-refractivity contribution in [2.24, 2.45) is 0 Å². The zero-order valence-corrected chi connectivity index (χ0v) is 10.7. The Hall–Kier alpha value is -0.250. The van der Waals surface area contributed by atoms with Crippen LogP contribution in [-0.2, 0) is 19.7 Å². The number of morpholine rings is 1. The van der Waals surface area contributed by atoms with E-state index < -0.39 is 10.2 Å². The molecule has 8 heteroatoms. The summed E-state index contributed by atoms with van der Waals surface area (Å²) in [6, 6.07) is -0.201. The Labute approximate surface area is 102 Å². The lowest BCUT2D eigenvalue weighted by atomic mass is 10.2. The highest BCUT2D eigenvalue weighted by Gasteiger charge is 2.33. The quantitative estimate of drug-likeness (QED) is 0.623. The maximum Gasteiger partial charge on any atom is 0.279 e. The Morgan fingerprint density at radius 2 is 2.06 bits per heavy atom. The lowest BCUT2D eigenvalue weighted by molar-refractivity contribution is 0.0709. The van der Waals surface area contributed by atoms with Crippen LogP contribution in [0.4, 0.5) is 0 Å². The molecule has 0 bridgehead atoms. The van der Waals surface area contributed by atoms with Crippen LogP contribution in [0.1, 0.15) is 0 Å². The van der Waals surface area contributed by atoms with Gasteiger partial charge in [0.15, 0.2) is 0 Å². The highest BCUT2D eigenvalue weighted by atomic mass is 32.2. The van der Waals surface area contributed by atoms with Crippen LogP contribution in [0.2, 0.25) is 0 Å². The van der Waals surface area contributed by atoms with Gasteiger partial charge in [-0.1, -0.05) is 0 Å². The molecule has 2 saturated heterocycles. The Morgan fingerprint density at radius 3 is 2.71 bits per heavy atom. The van der Waals surface area contributed by atoms with Crippen LogP contribution < -0.4 is 10.0 Å². The molecule has 2 aliphatic rings. The van der Waals surface area contributed by atoms with E-state index >= 15 is 0 Å². The molecule has 0 radical (unpaired) electrons. The summed E-state index contributed by atoms with van der Waals surface area (Å²) in [5.41, 5.74) is 0. The maximum atomic E-state index is 12.1. The summed E-state index contributed by atoms with van der Waals surface area (Å²) in [6.45, 7) is 3.00. The summed E-state index contributed by atoms with van der Waals surface area (Å²) >= 11 is 0. The molecule has 0 aromatic carbocycles. The first kappa shape index (κ1) is 13.2. The van der Waals surface area contributed by atoms with Crippen molar-refractivity contribution in [3.05, 3.63) is 0 Å². The maximum absolute atomic E-state index is 12.1. The van der Waals surface area contributed by atoms with E-state index in [2.05, 4.69) is 10.0 Å². The van der Waals surface area contributed by atoms with E-state index in [1.165, 1.54) is 4.31 Å². The molecule has 17 heavy (non-hydrogen) atoms. The Kier molecular flexibility index (Phi) is 4.34. The Bertz CT molecular complexity index is 342. The molecule has 2 heterocycles. The molecule has 0 aliphatic carbocycles. The van der Waals surface area contributed by atoms with Crippen molar-refractivity contribution < 1.29 is 17.9 Å². The first-order valence-corrected chi connectivity index (χ1v) is 7.16. The molecule has 2 fully saturated rings. The fourth-order valence-electron chi connectivity index (χ4n) is 2.07. The molecule has 100 valence electrons.